The third-order valence-electron chi connectivity index (χ3n) is 10.8. The summed E-state index contributed by atoms with van der Waals surface area (Å²) in [5.74, 6) is -3.47. The monoisotopic (exact) mass is 860 g/mol. The number of carbonyl (C=O) groups is 5. The molecule has 16 heteroatoms. The lowest BCUT2D eigenvalue weighted by Crippen LogP contribution is -2.44. The quantitative estimate of drug-likeness (QED) is 0.107. The Morgan fingerprint density at radius 2 is 1.59 bits per heavy atom. The fraction of sp³-hybridized carbons (Fsp3) is 0.444. The van der Waals surface area contributed by atoms with E-state index in [1.54, 1.807) is 56.3 Å². The van der Waals surface area contributed by atoms with Crippen LogP contribution in [0.3, 0.4) is 0 Å². The molecule has 9 N–H and O–H groups in total. The number of hydrogen-bond acceptors (Lipinski definition) is 12. The van der Waals surface area contributed by atoms with Crippen molar-refractivity contribution in [1.29, 1.82) is 0 Å². The molecular formula is C45H60N6O9S. The first-order valence-corrected chi connectivity index (χ1v) is 22.2. The minimum absolute atomic E-state index is 0.0147. The summed E-state index contributed by atoms with van der Waals surface area (Å²) in [5.41, 5.74) is 21.1. The molecule has 0 spiro atoms. The Hall–Kier alpha value is -5.42. The van der Waals surface area contributed by atoms with Gasteiger partial charge in [0.25, 0.3) is 15.9 Å². The van der Waals surface area contributed by atoms with Crippen LogP contribution in [0.1, 0.15) is 85.3 Å². The number of nitrogens with one attached hydrogen (secondary N) is 3. The minimum atomic E-state index is -4.09. The largest absolute Gasteiger partial charge is 0.492 e. The highest BCUT2D eigenvalue weighted by Gasteiger charge is 2.31. The number of aryl methyl sites for hydroxylation is 1. The lowest BCUT2D eigenvalue weighted by atomic mass is 9.85. The molecule has 0 radical (unpaired) electrons. The normalized spacial score (nSPS) is 18.2. The average Bonchev–Trinajstić information content (AvgIpc) is 3.23. The van der Waals surface area contributed by atoms with Gasteiger partial charge in [0.2, 0.25) is 11.8 Å². The zero-order chi connectivity index (χ0) is 44.7. The molecule has 330 valence electrons. The van der Waals surface area contributed by atoms with Crippen LogP contribution in [0.25, 0.3) is 11.1 Å². The summed E-state index contributed by atoms with van der Waals surface area (Å²) in [6, 6.07) is 15.9. The molecule has 3 amide bonds. The smallest absolute Gasteiger partial charge is 0.256 e. The first-order valence-electron chi connectivity index (χ1n) is 20.7. The Morgan fingerprint density at radius 1 is 0.934 bits per heavy atom. The number of Topliss-reactive ketones (excluding diaryl/α,β-unsaturated/α-hetero) is 2. The zero-order valence-electron chi connectivity index (χ0n) is 35.2. The van der Waals surface area contributed by atoms with Crippen molar-refractivity contribution >= 4 is 39.3 Å². The van der Waals surface area contributed by atoms with E-state index in [9.17, 15) is 32.4 Å². The predicted octanol–water partition coefficient (Wildman–Crippen LogP) is 3.56. The third-order valence-corrected chi connectivity index (χ3v) is 11.7. The molecule has 15 nitrogen and oxygen atoms in total. The molecule has 0 fully saturated rings. The molecule has 1 aliphatic heterocycles. The van der Waals surface area contributed by atoms with Crippen LogP contribution in [0, 0.1) is 18.8 Å². The van der Waals surface area contributed by atoms with E-state index in [0.29, 0.717) is 44.7 Å². The molecule has 0 saturated carbocycles. The zero-order valence-corrected chi connectivity index (χ0v) is 36.1. The number of fused-ring (bicyclic) bond motifs is 5. The molecule has 1 unspecified atom stereocenters. The first kappa shape index (κ1) is 48.2. The molecule has 3 aromatic rings. The number of nitrogens with two attached hydrogens (primary N) is 3. The molecule has 0 saturated heterocycles. The number of amides is 3. The van der Waals surface area contributed by atoms with Crippen molar-refractivity contribution in [2.45, 2.75) is 83.7 Å². The summed E-state index contributed by atoms with van der Waals surface area (Å²) in [7, 11) is -4.09. The van der Waals surface area contributed by atoms with Gasteiger partial charge in [0.05, 0.1) is 18.0 Å². The van der Waals surface area contributed by atoms with Gasteiger partial charge in [-0.15, -0.1) is 0 Å². The molecule has 5 atom stereocenters. The molecule has 4 rings (SSSR count). The number of ether oxygens (including phenoxy) is 2. The molecular weight excluding hydrogens is 801 g/mol. The Morgan fingerprint density at radius 3 is 2.23 bits per heavy atom. The highest BCUT2D eigenvalue weighted by atomic mass is 32.2. The van der Waals surface area contributed by atoms with Crippen LogP contribution in [0.5, 0.6) is 11.5 Å². The highest BCUT2D eigenvalue weighted by Crippen LogP contribution is 2.41. The fourth-order valence-electron chi connectivity index (χ4n) is 7.36. The number of rotatable bonds is 18. The summed E-state index contributed by atoms with van der Waals surface area (Å²) in [6.07, 6.45) is 1.21. The van der Waals surface area contributed by atoms with E-state index in [-0.39, 0.29) is 95.3 Å². The second-order valence-electron chi connectivity index (χ2n) is 15.4. The van der Waals surface area contributed by atoms with Crippen molar-refractivity contribution in [3.63, 3.8) is 0 Å². The SMILES string of the molecule is C=CS(=O)(=O)NC(=O)[C@H]1CCCC(=O)[C@H](C)NC(=O)[C@@H](CCC(C)C(=O)[C@H](CCN)NC(=O)c2ccccc2C)c2ccc(OCCN)c(c2)-c2cc(ccc2OCCN)C1. The molecule has 4 bridgehead atoms. The van der Waals surface area contributed by atoms with E-state index in [4.69, 9.17) is 26.7 Å². The van der Waals surface area contributed by atoms with Crippen molar-refractivity contribution in [1.82, 2.24) is 15.4 Å². The predicted molar refractivity (Wildman–Crippen MR) is 234 cm³/mol. The maximum atomic E-state index is 14.3. The van der Waals surface area contributed by atoms with Gasteiger partial charge in [-0.25, -0.2) is 13.1 Å². The Bertz CT molecular complexity index is 2160. The van der Waals surface area contributed by atoms with Gasteiger partial charge in [0.15, 0.2) is 11.6 Å². The summed E-state index contributed by atoms with van der Waals surface area (Å²) in [4.78, 5) is 68.4. The number of hydrogen-bond donors (Lipinski definition) is 6. The van der Waals surface area contributed by atoms with Crippen LogP contribution in [0.2, 0.25) is 0 Å². The van der Waals surface area contributed by atoms with Gasteiger partial charge in [0, 0.05) is 53.4 Å². The molecule has 3 aromatic carbocycles. The first-order chi connectivity index (χ1) is 29.1. The van der Waals surface area contributed by atoms with Crippen LogP contribution in [0.4, 0.5) is 0 Å². The Kier molecular flexibility index (Phi) is 18.2. The van der Waals surface area contributed by atoms with Gasteiger partial charge in [-0.05, 0) is 106 Å². The number of sulfonamides is 1. The standard InChI is InChI=1S/C45H60N6O9S/c1-5-61(57,58)51-43(54)33-10-8-12-39(52)30(4)49-45(56)35(16-13-29(3)42(53)38(19-20-46)50-44(55)34-11-7-6-9-28(34)2)32-15-18-41(60-24-22-48)37(27-32)36-26-31(25-33)14-17-40(36)59-23-21-47/h5-7,9,11,14-15,17-18,26-27,29-30,33,35,38H,1,8,10,12-13,16,19-25,46-48H2,2-4H3,(H,49,56)(H,50,55)(H,51,54)/t29?,30-,33-,35-,38-/m0/s1. The maximum Gasteiger partial charge on any atom is 0.256 e. The van der Waals surface area contributed by atoms with Gasteiger partial charge >= 0.3 is 0 Å². The molecule has 1 heterocycles. The van der Waals surface area contributed by atoms with Crippen molar-refractivity contribution in [2.24, 2.45) is 29.0 Å². The van der Waals surface area contributed by atoms with Crippen LogP contribution in [0.15, 0.2) is 72.7 Å². The van der Waals surface area contributed by atoms with E-state index in [1.165, 1.54) is 0 Å². The summed E-state index contributed by atoms with van der Waals surface area (Å²) >= 11 is 0. The van der Waals surface area contributed by atoms with Gasteiger partial charge in [-0.3, -0.25) is 24.0 Å². The van der Waals surface area contributed by atoms with E-state index >= 15 is 0 Å². The second-order valence-corrected chi connectivity index (χ2v) is 17.0. The number of ketones is 2. The van der Waals surface area contributed by atoms with E-state index in [2.05, 4.69) is 21.9 Å². The van der Waals surface area contributed by atoms with Crippen LogP contribution in [-0.4, -0.2) is 82.6 Å². The molecule has 0 aliphatic carbocycles. The summed E-state index contributed by atoms with van der Waals surface area (Å²) < 4.78 is 38.9. The lowest BCUT2D eigenvalue weighted by molar-refractivity contribution is -0.129. The van der Waals surface area contributed by atoms with Gasteiger partial charge in [-0.2, -0.15) is 0 Å². The van der Waals surface area contributed by atoms with Crippen molar-refractivity contribution < 1.29 is 41.9 Å². The van der Waals surface area contributed by atoms with Gasteiger partial charge in [0.1, 0.15) is 24.7 Å². The van der Waals surface area contributed by atoms with E-state index in [0.717, 1.165) is 5.56 Å². The maximum absolute atomic E-state index is 14.3. The van der Waals surface area contributed by atoms with E-state index < -0.39 is 51.7 Å². The average molecular weight is 861 g/mol. The molecule has 61 heavy (non-hydrogen) atoms. The number of benzene rings is 3. The van der Waals surface area contributed by atoms with Crippen LogP contribution in [-0.2, 0) is 35.6 Å². The number of carbonyl (C=O) groups excluding carboxylic acids is 5. The Labute approximate surface area is 358 Å². The molecule has 1 aliphatic rings. The van der Waals surface area contributed by atoms with E-state index in [1.807, 2.05) is 25.1 Å². The van der Waals surface area contributed by atoms with Gasteiger partial charge in [-0.1, -0.05) is 43.8 Å². The van der Waals surface area contributed by atoms with Crippen molar-refractivity contribution in [2.75, 3.05) is 32.8 Å². The highest BCUT2D eigenvalue weighted by molar-refractivity contribution is 7.92. The van der Waals surface area contributed by atoms with Crippen LogP contribution >= 0.6 is 0 Å². The summed E-state index contributed by atoms with van der Waals surface area (Å²) in [5, 5.41) is 6.41. The molecule has 0 aromatic heterocycles. The van der Waals surface area contributed by atoms with Crippen molar-refractivity contribution in [3.05, 3.63) is 94.9 Å². The topological polar surface area (TPSA) is 252 Å². The fourth-order valence-corrected chi connectivity index (χ4v) is 7.89. The third kappa shape index (κ3) is 13.5. The van der Waals surface area contributed by atoms with Crippen LogP contribution < -0.4 is 42.0 Å². The minimum Gasteiger partial charge on any atom is -0.492 e. The van der Waals surface area contributed by atoms with Gasteiger partial charge < -0.3 is 37.3 Å². The second kappa shape index (κ2) is 23.0. The Balaban J connectivity index is 1.78. The summed E-state index contributed by atoms with van der Waals surface area (Å²) in [6.45, 7) is 9.38. The van der Waals surface area contributed by atoms with Crippen molar-refractivity contribution in [3.8, 4) is 22.6 Å². The lowest BCUT2D eigenvalue weighted by Gasteiger charge is -2.25.